The Morgan fingerprint density at radius 2 is 1.73 bits per heavy atom. The van der Waals surface area contributed by atoms with Gasteiger partial charge in [0.25, 0.3) is 5.91 Å². The second-order valence-electron chi connectivity index (χ2n) is 7.66. The number of aliphatic imine (C=N–C) groups is 1. The van der Waals surface area contributed by atoms with Crippen molar-refractivity contribution in [3.8, 4) is 0 Å². The molecule has 0 radical (unpaired) electrons. The minimum Gasteiger partial charge on any atom is -0.352 e. The van der Waals surface area contributed by atoms with Gasteiger partial charge in [0.2, 0.25) is 0 Å². The van der Waals surface area contributed by atoms with Gasteiger partial charge in [-0.1, -0.05) is 73.6 Å². The molecule has 0 unspecified atom stereocenters. The summed E-state index contributed by atoms with van der Waals surface area (Å²) in [7, 11) is 0. The van der Waals surface area contributed by atoms with Gasteiger partial charge in [-0.3, -0.25) is 4.79 Å². The maximum Gasteiger partial charge on any atom is 0.251 e. The number of carbonyl (C=O) groups is 1. The van der Waals surface area contributed by atoms with Crippen molar-refractivity contribution in [3.63, 3.8) is 0 Å². The zero-order valence-corrected chi connectivity index (χ0v) is 18.6. The van der Waals surface area contributed by atoms with Crippen LogP contribution in [0.2, 0.25) is 5.02 Å². The zero-order chi connectivity index (χ0) is 21.1. The maximum absolute atomic E-state index is 12.6. The van der Waals surface area contributed by atoms with E-state index in [2.05, 4.69) is 31.3 Å². The summed E-state index contributed by atoms with van der Waals surface area (Å²) < 4.78 is 0. The summed E-state index contributed by atoms with van der Waals surface area (Å²) in [6, 6.07) is 21.6. The Hall–Kier alpha value is -2.56. The second-order valence-corrected chi connectivity index (χ2v) is 9.15. The van der Waals surface area contributed by atoms with E-state index >= 15 is 0 Å². The third-order valence-corrected chi connectivity index (χ3v) is 6.42. The van der Waals surface area contributed by atoms with Gasteiger partial charge in [-0.15, -0.1) is 0 Å². The van der Waals surface area contributed by atoms with E-state index in [0.29, 0.717) is 23.0 Å². The summed E-state index contributed by atoms with van der Waals surface area (Å²) >= 11 is 8.18. The highest BCUT2D eigenvalue weighted by atomic mass is 35.5. The van der Waals surface area contributed by atoms with Crippen LogP contribution in [0.5, 0.6) is 0 Å². The van der Waals surface area contributed by atoms with Gasteiger partial charge < -0.3 is 5.32 Å². The monoisotopic (exact) mass is 434 g/mol. The molecule has 5 heteroatoms. The second kappa shape index (κ2) is 9.07. The molecule has 152 valence electrons. The Kier molecular flexibility index (Phi) is 6.26. The fourth-order valence-corrected chi connectivity index (χ4v) is 4.55. The molecule has 4 rings (SSSR count). The summed E-state index contributed by atoms with van der Waals surface area (Å²) in [5, 5.41) is 3.66. The van der Waals surface area contributed by atoms with E-state index in [1.807, 2.05) is 54.6 Å². The molecule has 3 aromatic carbocycles. The molecule has 0 aromatic heterocycles. The van der Waals surface area contributed by atoms with E-state index in [1.54, 1.807) is 11.8 Å². The smallest absolute Gasteiger partial charge is 0.251 e. The molecule has 0 bridgehead atoms. The number of benzene rings is 3. The Morgan fingerprint density at radius 1 is 1.00 bits per heavy atom. The predicted octanol–water partition coefficient (Wildman–Crippen LogP) is 6.75. The first-order valence-electron chi connectivity index (χ1n) is 10.1. The van der Waals surface area contributed by atoms with Crippen LogP contribution in [-0.4, -0.2) is 18.2 Å². The minimum absolute atomic E-state index is 0.0697. The van der Waals surface area contributed by atoms with Gasteiger partial charge >= 0.3 is 0 Å². The van der Waals surface area contributed by atoms with E-state index in [-0.39, 0.29) is 5.91 Å². The predicted molar refractivity (Wildman–Crippen MR) is 126 cm³/mol. The van der Waals surface area contributed by atoms with E-state index < -0.39 is 0 Å². The van der Waals surface area contributed by atoms with Crippen molar-refractivity contribution >= 4 is 40.7 Å². The first-order chi connectivity index (χ1) is 14.5. The standard InChI is InChI=1S/C25H23ClN2OS/c1-16(2)13-14-27-25(29)17-11-12-23-21(15-17)28-24(18-7-3-5-9-20(18)26)19-8-4-6-10-22(19)30-23/h3-12,15-16H,13-14H2,1-2H3,(H,27,29). The molecule has 1 N–H and O–H groups in total. The summed E-state index contributed by atoms with van der Waals surface area (Å²) in [5.74, 6) is 0.481. The molecule has 30 heavy (non-hydrogen) atoms. The van der Waals surface area contributed by atoms with Crippen LogP contribution in [0, 0.1) is 5.92 Å². The van der Waals surface area contributed by atoms with Crippen LogP contribution < -0.4 is 5.32 Å². The molecule has 1 aliphatic rings. The van der Waals surface area contributed by atoms with E-state index in [1.165, 1.54) is 0 Å². The Balaban J connectivity index is 1.76. The van der Waals surface area contributed by atoms with Crippen LogP contribution in [0.15, 0.2) is 81.5 Å². The maximum atomic E-state index is 12.6. The molecule has 1 aliphatic heterocycles. The number of hydrogen-bond acceptors (Lipinski definition) is 3. The lowest BCUT2D eigenvalue weighted by Gasteiger charge is -2.10. The number of hydrogen-bond donors (Lipinski definition) is 1. The summed E-state index contributed by atoms with van der Waals surface area (Å²) in [5.41, 5.74) is 4.13. The van der Waals surface area contributed by atoms with Crippen molar-refractivity contribution in [3.05, 3.63) is 88.4 Å². The van der Waals surface area contributed by atoms with Crippen molar-refractivity contribution in [2.75, 3.05) is 6.54 Å². The van der Waals surface area contributed by atoms with Crippen LogP contribution in [0.3, 0.4) is 0 Å². The molecule has 0 saturated heterocycles. The van der Waals surface area contributed by atoms with E-state index in [4.69, 9.17) is 16.6 Å². The summed E-state index contributed by atoms with van der Waals surface area (Å²) in [4.78, 5) is 19.8. The van der Waals surface area contributed by atoms with Gasteiger partial charge in [0.15, 0.2) is 0 Å². The van der Waals surface area contributed by atoms with E-state index in [0.717, 1.165) is 38.7 Å². The molecule has 0 saturated carbocycles. The number of amides is 1. The zero-order valence-electron chi connectivity index (χ0n) is 17.0. The number of halogens is 1. The lowest BCUT2D eigenvalue weighted by molar-refractivity contribution is 0.0952. The highest BCUT2D eigenvalue weighted by Gasteiger charge is 2.21. The Labute approximate surface area is 186 Å². The lowest BCUT2D eigenvalue weighted by Crippen LogP contribution is -2.25. The quantitative estimate of drug-likeness (QED) is 0.377. The molecule has 3 nitrogen and oxygen atoms in total. The van der Waals surface area contributed by atoms with E-state index in [9.17, 15) is 4.79 Å². The molecule has 0 spiro atoms. The van der Waals surface area contributed by atoms with Crippen LogP contribution in [0.1, 0.15) is 41.8 Å². The highest BCUT2D eigenvalue weighted by molar-refractivity contribution is 7.99. The lowest BCUT2D eigenvalue weighted by atomic mass is 10.0. The molecule has 0 aliphatic carbocycles. The fraction of sp³-hybridized carbons (Fsp3) is 0.200. The van der Waals surface area contributed by atoms with Gasteiger partial charge in [0.1, 0.15) is 0 Å². The van der Waals surface area contributed by atoms with Crippen molar-refractivity contribution in [2.45, 2.75) is 30.1 Å². The first kappa shape index (κ1) is 20.7. The van der Waals surface area contributed by atoms with Gasteiger partial charge in [-0.25, -0.2) is 4.99 Å². The number of fused-ring (bicyclic) bond motifs is 2. The highest BCUT2D eigenvalue weighted by Crippen LogP contribution is 2.42. The van der Waals surface area contributed by atoms with Crippen LogP contribution in [-0.2, 0) is 0 Å². The molecule has 0 atom stereocenters. The number of nitrogens with zero attached hydrogens (tertiary/aromatic N) is 1. The Bertz CT molecular complexity index is 1120. The average Bonchev–Trinajstić information content (AvgIpc) is 2.90. The fourth-order valence-electron chi connectivity index (χ4n) is 3.32. The van der Waals surface area contributed by atoms with Gasteiger partial charge in [-0.05, 0) is 42.7 Å². The molecule has 3 aromatic rings. The third-order valence-electron chi connectivity index (χ3n) is 4.95. The van der Waals surface area contributed by atoms with Crippen LogP contribution >= 0.6 is 23.4 Å². The summed E-state index contributed by atoms with van der Waals surface area (Å²) in [6.07, 6.45) is 0.955. The normalized spacial score (nSPS) is 12.6. The van der Waals surface area contributed by atoms with Crippen molar-refractivity contribution < 1.29 is 4.79 Å². The van der Waals surface area contributed by atoms with Crippen molar-refractivity contribution in [1.29, 1.82) is 0 Å². The van der Waals surface area contributed by atoms with Gasteiger partial charge in [-0.2, -0.15) is 0 Å². The van der Waals surface area contributed by atoms with Crippen LogP contribution in [0.4, 0.5) is 5.69 Å². The first-order valence-corrected chi connectivity index (χ1v) is 11.3. The topological polar surface area (TPSA) is 41.5 Å². The molecule has 0 fully saturated rings. The van der Waals surface area contributed by atoms with Gasteiger partial charge in [0, 0.05) is 38.0 Å². The third kappa shape index (κ3) is 4.45. The molecular weight excluding hydrogens is 412 g/mol. The van der Waals surface area contributed by atoms with Gasteiger partial charge in [0.05, 0.1) is 11.4 Å². The van der Waals surface area contributed by atoms with Crippen molar-refractivity contribution in [2.24, 2.45) is 10.9 Å². The molecule has 1 heterocycles. The minimum atomic E-state index is -0.0697. The average molecular weight is 435 g/mol. The largest absolute Gasteiger partial charge is 0.352 e. The number of carbonyl (C=O) groups excluding carboxylic acids is 1. The number of rotatable bonds is 5. The van der Waals surface area contributed by atoms with Crippen LogP contribution in [0.25, 0.3) is 0 Å². The molecular formula is C25H23ClN2OS. The molecule has 1 amide bonds. The Morgan fingerprint density at radius 3 is 2.50 bits per heavy atom. The van der Waals surface area contributed by atoms with Crippen molar-refractivity contribution in [1.82, 2.24) is 5.32 Å². The SMILES string of the molecule is CC(C)CCNC(=O)c1ccc2c(c1)N=C(c1ccccc1Cl)c1ccccc1S2. The summed E-state index contributed by atoms with van der Waals surface area (Å²) in [6.45, 7) is 4.96. The number of nitrogens with one attached hydrogen (secondary N) is 1.